The highest BCUT2D eigenvalue weighted by atomic mass is 19.4. The normalized spacial score (nSPS) is 21.0. The van der Waals surface area contributed by atoms with Gasteiger partial charge in [-0.15, -0.1) is 0 Å². The third-order valence-electron chi connectivity index (χ3n) is 4.02. The maximum absolute atomic E-state index is 13.1. The molecule has 128 valence electrons. The molecule has 1 aliphatic heterocycles. The molecule has 1 atom stereocenters. The summed E-state index contributed by atoms with van der Waals surface area (Å²) in [5, 5.41) is 2.58. The minimum atomic E-state index is -4.26. The molecule has 1 fully saturated rings. The third kappa shape index (κ3) is 3.83. The Morgan fingerprint density at radius 1 is 1.48 bits per heavy atom. The van der Waals surface area contributed by atoms with Crippen molar-refractivity contribution in [3.05, 3.63) is 12.5 Å². The average Bonchev–Trinajstić information content (AvgIpc) is 2.45. The number of nitrogens with zero attached hydrogens (tertiary/aromatic N) is 3. The van der Waals surface area contributed by atoms with Crippen LogP contribution in [0.3, 0.4) is 0 Å². The second-order valence-electron chi connectivity index (χ2n) is 6.17. The van der Waals surface area contributed by atoms with Gasteiger partial charge in [0, 0.05) is 13.1 Å². The molecule has 0 saturated carbocycles. The first-order chi connectivity index (χ1) is 10.6. The van der Waals surface area contributed by atoms with Gasteiger partial charge in [-0.25, -0.2) is 9.78 Å². The number of carbonyl (C=O) groups excluding carboxylic acids is 1. The van der Waals surface area contributed by atoms with Gasteiger partial charge in [0.05, 0.1) is 19.2 Å². The van der Waals surface area contributed by atoms with Crippen LogP contribution in [-0.4, -0.2) is 47.3 Å². The summed E-state index contributed by atoms with van der Waals surface area (Å²) >= 11 is 0. The van der Waals surface area contributed by atoms with Gasteiger partial charge in [0.1, 0.15) is 12.0 Å². The van der Waals surface area contributed by atoms with Gasteiger partial charge in [0.15, 0.2) is 0 Å². The van der Waals surface area contributed by atoms with Crippen molar-refractivity contribution in [3.63, 3.8) is 0 Å². The molecular formula is C14H19F3N4O2. The van der Waals surface area contributed by atoms with E-state index in [9.17, 15) is 18.0 Å². The molecule has 9 heteroatoms. The van der Waals surface area contributed by atoms with Crippen molar-refractivity contribution in [2.75, 3.05) is 25.5 Å². The number of nitrogens with one attached hydrogen (secondary N) is 1. The van der Waals surface area contributed by atoms with E-state index in [1.807, 2.05) is 0 Å². The fraction of sp³-hybridized carbons (Fsp3) is 0.643. The number of halogens is 3. The van der Waals surface area contributed by atoms with Crippen LogP contribution in [0.2, 0.25) is 0 Å². The quantitative estimate of drug-likeness (QED) is 0.904. The summed E-state index contributed by atoms with van der Waals surface area (Å²) in [7, 11) is 1.40. The highest BCUT2D eigenvalue weighted by Crippen LogP contribution is 2.45. The van der Waals surface area contributed by atoms with Crippen molar-refractivity contribution in [1.82, 2.24) is 14.9 Å². The van der Waals surface area contributed by atoms with Gasteiger partial charge in [-0.3, -0.25) is 0 Å². The fourth-order valence-corrected chi connectivity index (χ4v) is 2.90. The molecule has 1 N–H and O–H groups in total. The van der Waals surface area contributed by atoms with Crippen molar-refractivity contribution >= 4 is 11.7 Å². The van der Waals surface area contributed by atoms with Crippen molar-refractivity contribution in [2.45, 2.75) is 26.4 Å². The van der Waals surface area contributed by atoms with E-state index in [4.69, 9.17) is 4.74 Å². The molecule has 0 aliphatic carbocycles. The molecule has 2 heterocycles. The van der Waals surface area contributed by atoms with Gasteiger partial charge in [-0.2, -0.15) is 18.2 Å². The van der Waals surface area contributed by atoms with E-state index < -0.39 is 23.5 Å². The molecule has 23 heavy (non-hydrogen) atoms. The molecule has 1 aromatic rings. The van der Waals surface area contributed by atoms with E-state index in [1.165, 1.54) is 38.4 Å². The van der Waals surface area contributed by atoms with E-state index in [1.54, 1.807) is 0 Å². The lowest BCUT2D eigenvalue weighted by Crippen LogP contribution is -2.53. The van der Waals surface area contributed by atoms with Crippen molar-refractivity contribution < 1.29 is 22.7 Å². The summed E-state index contributed by atoms with van der Waals surface area (Å²) in [5.41, 5.74) is -0.777. The predicted octanol–water partition coefficient (Wildman–Crippen LogP) is 2.93. The molecule has 1 unspecified atom stereocenters. The van der Waals surface area contributed by atoms with Crippen LogP contribution in [0.5, 0.6) is 5.88 Å². The monoisotopic (exact) mass is 332 g/mol. The molecule has 0 spiro atoms. The molecule has 2 amide bonds. The van der Waals surface area contributed by atoms with Crippen molar-refractivity contribution in [3.8, 4) is 5.88 Å². The zero-order valence-corrected chi connectivity index (χ0v) is 13.1. The molecule has 1 aliphatic rings. The minimum Gasteiger partial charge on any atom is -0.479 e. The molecule has 0 bridgehead atoms. The van der Waals surface area contributed by atoms with Crippen LogP contribution < -0.4 is 10.1 Å². The number of ether oxygens (including phenoxy) is 1. The number of anilines is 1. The second kappa shape index (κ2) is 6.21. The summed E-state index contributed by atoms with van der Waals surface area (Å²) in [6, 6.07) is -0.494. The van der Waals surface area contributed by atoms with Gasteiger partial charge < -0.3 is 15.0 Å². The highest BCUT2D eigenvalue weighted by Gasteiger charge is 2.51. The highest BCUT2D eigenvalue weighted by molar-refractivity contribution is 5.90. The number of piperidine rings is 1. The standard InChI is InChI=1S/C14H19F3N4O2/c1-13(2)7-21(5-4-10(13)14(15,16)17)12(22)20-9-6-18-8-19-11(9)23-3/h6,8,10H,4-5,7H2,1-3H3,(H,20,22). The van der Waals surface area contributed by atoms with E-state index >= 15 is 0 Å². The van der Waals surface area contributed by atoms with Crippen LogP contribution in [0, 0.1) is 11.3 Å². The van der Waals surface area contributed by atoms with Gasteiger partial charge in [0.25, 0.3) is 0 Å². The van der Waals surface area contributed by atoms with Crippen molar-refractivity contribution in [2.24, 2.45) is 11.3 Å². The Morgan fingerprint density at radius 2 is 2.17 bits per heavy atom. The smallest absolute Gasteiger partial charge is 0.392 e. The molecule has 0 aromatic carbocycles. The number of carbonyl (C=O) groups is 1. The Morgan fingerprint density at radius 3 is 2.74 bits per heavy atom. The molecule has 2 rings (SSSR count). The van der Waals surface area contributed by atoms with Gasteiger partial charge in [-0.1, -0.05) is 13.8 Å². The van der Waals surface area contributed by atoms with Gasteiger partial charge in [-0.05, 0) is 11.8 Å². The molecule has 6 nitrogen and oxygen atoms in total. The SMILES string of the molecule is COc1ncncc1NC(=O)N1CCC(C(F)(F)F)C(C)(C)C1. The number of urea groups is 1. The summed E-state index contributed by atoms with van der Waals surface area (Å²) in [6.07, 6.45) is -1.74. The number of hydrogen-bond acceptors (Lipinski definition) is 4. The summed E-state index contributed by atoms with van der Waals surface area (Å²) in [5.74, 6) is -1.23. The lowest BCUT2D eigenvalue weighted by Gasteiger charge is -2.44. The van der Waals surface area contributed by atoms with Crippen LogP contribution in [-0.2, 0) is 0 Å². The molecule has 0 radical (unpaired) electrons. The summed E-state index contributed by atoms with van der Waals surface area (Å²) in [4.78, 5) is 21.3. The van der Waals surface area contributed by atoms with E-state index in [0.717, 1.165) is 0 Å². The van der Waals surface area contributed by atoms with Crippen molar-refractivity contribution in [1.29, 1.82) is 0 Å². The number of methoxy groups -OCH3 is 1. The lowest BCUT2D eigenvalue weighted by molar-refractivity contribution is -0.214. The average molecular weight is 332 g/mol. The Labute approximate surface area is 132 Å². The number of hydrogen-bond donors (Lipinski definition) is 1. The maximum atomic E-state index is 13.1. The van der Waals surface area contributed by atoms with Crippen LogP contribution in [0.4, 0.5) is 23.7 Å². The predicted molar refractivity (Wildman–Crippen MR) is 77.1 cm³/mol. The van der Waals surface area contributed by atoms with Crippen LogP contribution in [0.1, 0.15) is 20.3 Å². The topological polar surface area (TPSA) is 67.4 Å². The number of rotatable bonds is 2. The first kappa shape index (κ1) is 17.3. The van der Waals surface area contributed by atoms with Crippen LogP contribution in [0.25, 0.3) is 0 Å². The number of alkyl halides is 3. The second-order valence-corrected chi connectivity index (χ2v) is 6.17. The zero-order valence-electron chi connectivity index (χ0n) is 13.1. The first-order valence-electron chi connectivity index (χ1n) is 7.12. The number of aromatic nitrogens is 2. The fourth-order valence-electron chi connectivity index (χ4n) is 2.90. The Bertz CT molecular complexity index is 577. The minimum absolute atomic E-state index is 0.0129. The summed E-state index contributed by atoms with van der Waals surface area (Å²) in [6.45, 7) is 3.10. The lowest BCUT2D eigenvalue weighted by atomic mass is 9.73. The van der Waals surface area contributed by atoms with E-state index in [0.29, 0.717) is 0 Å². The largest absolute Gasteiger partial charge is 0.479 e. The number of amides is 2. The van der Waals surface area contributed by atoms with Gasteiger partial charge >= 0.3 is 12.2 Å². The van der Waals surface area contributed by atoms with Gasteiger partial charge in [0.2, 0.25) is 5.88 Å². The molecule has 1 aromatic heterocycles. The van der Waals surface area contributed by atoms with Crippen LogP contribution in [0.15, 0.2) is 12.5 Å². The first-order valence-corrected chi connectivity index (χ1v) is 7.12. The number of likely N-dealkylation sites (tertiary alicyclic amines) is 1. The van der Waals surface area contributed by atoms with E-state index in [2.05, 4.69) is 15.3 Å². The van der Waals surface area contributed by atoms with E-state index in [-0.39, 0.29) is 31.1 Å². The maximum Gasteiger partial charge on any atom is 0.392 e. The Balaban J connectivity index is 2.08. The molecular weight excluding hydrogens is 313 g/mol. The third-order valence-corrected chi connectivity index (χ3v) is 4.02. The van der Waals surface area contributed by atoms with Crippen LogP contribution >= 0.6 is 0 Å². The summed E-state index contributed by atoms with van der Waals surface area (Å²) < 4.78 is 44.2. The zero-order chi connectivity index (χ0) is 17.3. The molecule has 1 saturated heterocycles. The Hall–Kier alpha value is -2.06. The Kier molecular flexibility index (Phi) is 4.67.